The van der Waals surface area contributed by atoms with E-state index in [1.807, 2.05) is 24.3 Å². The van der Waals surface area contributed by atoms with Crippen LogP contribution in [0, 0.1) is 0 Å². The van der Waals surface area contributed by atoms with E-state index in [1.165, 1.54) is 5.56 Å². The molecule has 1 aliphatic heterocycles. The Hall–Kier alpha value is -2.33. The van der Waals surface area contributed by atoms with Crippen LogP contribution in [0.5, 0.6) is 5.75 Å². The molecule has 3 aromatic carbocycles. The summed E-state index contributed by atoms with van der Waals surface area (Å²) in [5, 5.41) is 15.2. The highest BCUT2D eigenvalue weighted by molar-refractivity contribution is 6.31. The molecule has 0 aliphatic carbocycles. The lowest BCUT2D eigenvalue weighted by atomic mass is 9.93. The Labute approximate surface area is 181 Å². The van der Waals surface area contributed by atoms with Crippen molar-refractivity contribution in [1.82, 2.24) is 5.32 Å². The van der Waals surface area contributed by atoms with Gasteiger partial charge in [-0.2, -0.15) is 0 Å². The number of hydrogen-bond donors (Lipinski definition) is 2. The molecule has 0 aromatic heterocycles. The largest absolute Gasteiger partial charge is 0.508 e. The summed E-state index contributed by atoms with van der Waals surface area (Å²) in [6.07, 6.45) is 1.32. The molecule has 29 heavy (non-hydrogen) atoms. The molecule has 0 saturated heterocycles. The number of phenols is 1. The fourth-order valence-corrected chi connectivity index (χ4v) is 4.09. The zero-order valence-corrected chi connectivity index (χ0v) is 17.6. The normalized spacial score (nSPS) is 19.1. The highest BCUT2D eigenvalue weighted by Gasteiger charge is 2.28. The first-order valence-corrected chi connectivity index (χ1v) is 10.5. The quantitative estimate of drug-likeness (QED) is 0.502. The van der Waals surface area contributed by atoms with Gasteiger partial charge in [0.05, 0.1) is 0 Å². The van der Waals surface area contributed by atoms with Crippen LogP contribution in [-0.2, 0) is 6.42 Å². The van der Waals surface area contributed by atoms with E-state index in [-0.39, 0.29) is 18.0 Å². The minimum Gasteiger partial charge on any atom is -0.508 e. The molecule has 0 spiro atoms. The van der Waals surface area contributed by atoms with Crippen molar-refractivity contribution < 1.29 is 5.11 Å². The molecule has 0 unspecified atom stereocenters. The van der Waals surface area contributed by atoms with Crippen LogP contribution in [0.25, 0.3) is 0 Å². The molecule has 3 nitrogen and oxygen atoms in total. The molecule has 2 atom stereocenters. The number of benzene rings is 3. The van der Waals surface area contributed by atoms with Gasteiger partial charge in [0.25, 0.3) is 0 Å². The van der Waals surface area contributed by atoms with Crippen molar-refractivity contribution in [2.45, 2.75) is 32.0 Å². The van der Waals surface area contributed by atoms with Gasteiger partial charge in [0.15, 0.2) is 0 Å². The van der Waals surface area contributed by atoms with Crippen LogP contribution in [-0.4, -0.2) is 10.8 Å². The molecule has 1 aliphatic rings. The lowest BCUT2D eigenvalue weighted by molar-refractivity contribution is 0.413. The third kappa shape index (κ3) is 4.32. The van der Waals surface area contributed by atoms with Gasteiger partial charge in [-0.1, -0.05) is 72.6 Å². The Balaban J connectivity index is 1.77. The van der Waals surface area contributed by atoms with Crippen LogP contribution in [0.15, 0.2) is 71.7 Å². The Morgan fingerprint density at radius 3 is 2.48 bits per heavy atom. The first-order chi connectivity index (χ1) is 14.0. The Morgan fingerprint density at radius 2 is 1.76 bits per heavy atom. The van der Waals surface area contributed by atoms with Crippen LogP contribution in [0.4, 0.5) is 0 Å². The van der Waals surface area contributed by atoms with Crippen molar-refractivity contribution >= 4 is 28.9 Å². The van der Waals surface area contributed by atoms with E-state index in [4.69, 9.17) is 28.2 Å². The van der Waals surface area contributed by atoms with Crippen molar-refractivity contribution in [3.63, 3.8) is 0 Å². The van der Waals surface area contributed by atoms with Gasteiger partial charge in [-0.25, -0.2) is 0 Å². The zero-order chi connectivity index (χ0) is 20.4. The average molecular weight is 425 g/mol. The van der Waals surface area contributed by atoms with Gasteiger partial charge in [0, 0.05) is 39.3 Å². The highest BCUT2D eigenvalue weighted by Crippen LogP contribution is 2.37. The summed E-state index contributed by atoms with van der Waals surface area (Å²) in [7, 11) is 0. The number of phenolic OH excluding ortho intramolecular Hbond substituents is 1. The lowest BCUT2D eigenvalue weighted by Gasteiger charge is -2.31. The highest BCUT2D eigenvalue weighted by atomic mass is 35.5. The van der Waals surface area contributed by atoms with Crippen LogP contribution in [0.2, 0.25) is 10.0 Å². The number of halogens is 2. The summed E-state index contributed by atoms with van der Waals surface area (Å²) in [6.45, 7) is 2.14. The summed E-state index contributed by atoms with van der Waals surface area (Å²) in [5.41, 5.74) is 5.00. The molecule has 0 fully saturated rings. The Morgan fingerprint density at radius 1 is 1.00 bits per heavy atom. The molecule has 148 valence electrons. The molecular formula is C24H22Cl2N2O. The standard InChI is InChI=1S/C24H22Cl2N2O/c1-2-15-7-9-16(10-8-15)21-14-22(19-13-17(25)11-12-23(19)29)28-24(27-21)18-5-3-4-6-20(18)26/h3-13,22,24,28-29H,2,14H2,1H3/t22-,24-/m0/s1. The van der Waals surface area contributed by atoms with E-state index in [0.717, 1.165) is 28.8 Å². The van der Waals surface area contributed by atoms with Gasteiger partial charge in [-0.05, 0) is 41.8 Å². The molecule has 0 amide bonds. The second-order valence-corrected chi connectivity index (χ2v) is 8.02. The molecule has 1 heterocycles. The summed E-state index contributed by atoms with van der Waals surface area (Å²) >= 11 is 12.7. The number of aryl methyl sites for hydroxylation is 1. The first kappa shape index (κ1) is 20.0. The van der Waals surface area contributed by atoms with E-state index in [0.29, 0.717) is 16.5 Å². The first-order valence-electron chi connectivity index (χ1n) is 9.70. The van der Waals surface area contributed by atoms with Crippen molar-refractivity contribution in [2.24, 2.45) is 4.99 Å². The van der Waals surface area contributed by atoms with Crippen molar-refractivity contribution in [3.8, 4) is 5.75 Å². The molecule has 5 heteroatoms. The number of nitrogens with zero attached hydrogens (tertiary/aromatic N) is 1. The predicted molar refractivity (Wildman–Crippen MR) is 120 cm³/mol. The third-order valence-corrected chi connectivity index (χ3v) is 5.88. The van der Waals surface area contributed by atoms with Gasteiger partial charge in [0.1, 0.15) is 11.9 Å². The minimum atomic E-state index is -0.318. The summed E-state index contributed by atoms with van der Waals surface area (Å²) < 4.78 is 0. The minimum absolute atomic E-state index is 0.145. The molecule has 0 radical (unpaired) electrons. The van der Waals surface area contributed by atoms with E-state index in [2.05, 4.69) is 36.5 Å². The summed E-state index contributed by atoms with van der Waals surface area (Å²) in [5.74, 6) is 0.215. The summed E-state index contributed by atoms with van der Waals surface area (Å²) in [6, 6.07) is 21.2. The topological polar surface area (TPSA) is 44.6 Å². The van der Waals surface area contributed by atoms with E-state index < -0.39 is 0 Å². The van der Waals surface area contributed by atoms with Gasteiger partial charge in [-0.15, -0.1) is 0 Å². The van der Waals surface area contributed by atoms with Gasteiger partial charge >= 0.3 is 0 Å². The number of aromatic hydroxyl groups is 1. The maximum absolute atomic E-state index is 10.5. The maximum Gasteiger partial charge on any atom is 0.127 e. The molecule has 0 saturated carbocycles. The number of rotatable bonds is 4. The van der Waals surface area contributed by atoms with E-state index >= 15 is 0 Å². The van der Waals surface area contributed by atoms with Crippen LogP contribution in [0.3, 0.4) is 0 Å². The second kappa shape index (κ2) is 8.58. The Bertz CT molecular complexity index is 1050. The fourth-order valence-electron chi connectivity index (χ4n) is 3.67. The van der Waals surface area contributed by atoms with E-state index in [9.17, 15) is 5.11 Å². The Kier molecular flexibility index (Phi) is 5.91. The monoisotopic (exact) mass is 424 g/mol. The lowest BCUT2D eigenvalue weighted by Crippen LogP contribution is -2.33. The molecular weight excluding hydrogens is 403 g/mol. The van der Waals surface area contributed by atoms with Crippen molar-refractivity contribution in [2.75, 3.05) is 0 Å². The van der Waals surface area contributed by atoms with Crippen LogP contribution < -0.4 is 5.32 Å². The fraction of sp³-hybridized carbons (Fsp3) is 0.208. The third-order valence-electron chi connectivity index (χ3n) is 5.30. The van der Waals surface area contributed by atoms with E-state index in [1.54, 1.807) is 18.2 Å². The van der Waals surface area contributed by atoms with Crippen LogP contribution in [0.1, 0.15) is 47.8 Å². The zero-order valence-electron chi connectivity index (χ0n) is 16.1. The molecule has 4 rings (SSSR count). The number of aliphatic imine (C=N–C) groups is 1. The molecule has 3 aromatic rings. The second-order valence-electron chi connectivity index (χ2n) is 7.18. The van der Waals surface area contributed by atoms with Gasteiger partial charge in [-0.3, -0.25) is 10.3 Å². The maximum atomic E-state index is 10.5. The SMILES string of the molecule is CCc1ccc(C2=N[C@H](c3ccccc3Cl)N[C@H](c3cc(Cl)ccc3O)C2)cc1. The molecule has 2 N–H and O–H groups in total. The van der Waals surface area contributed by atoms with Crippen molar-refractivity contribution in [3.05, 3.63) is 99.0 Å². The smallest absolute Gasteiger partial charge is 0.127 e. The summed E-state index contributed by atoms with van der Waals surface area (Å²) in [4.78, 5) is 4.97. The molecule has 0 bridgehead atoms. The predicted octanol–water partition coefficient (Wildman–Crippen LogP) is 6.48. The van der Waals surface area contributed by atoms with Gasteiger partial charge < -0.3 is 5.11 Å². The van der Waals surface area contributed by atoms with Crippen molar-refractivity contribution in [1.29, 1.82) is 0 Å². The average Bonchev–Trinajstić information content (AvgIpc) is 2.75. The van der Waals surface area contributed by atoms with Crippen LogP contribution >= 0.6 is 23.2 Å². The number of nitrogens with one attached hydrogen (secondary N) is 1. The van der Waals surface area contributed by atoms with Gasteiger partial charge in [0.2, 0.25) is 0 Å². The number of hydrogen-bond acceptors (Lipinski definition) is 3.